The van der Waals surface area contributed by atoms with Crippen molar-refractivity contribution < 1.29 is 14.3 Å². The van der Waals surface area contributed by atoms with Crippen molar-refractivity contribution in [3.8, 4) is 0 Å². The van der Waals surface area contributed by atoms with Crippen LogP contribution in [0.4, 0.5) is 0 Å². The van der Waals surface area contributed by atoms with Gasteiger partial charge in [-0.2, -0.15) is 0 Å². The van der Waals surface area contributed by atoms with Crippen molar-refractivity contribution in [2.45, 2.75) is 25.9 Å². The highest BCUT2D eigenvalue weighted by atomic mass is 16.4. The minimum absolute atomic E-state index is 0.204. The lowest BCUT2D eigenvalue weighted by molar-refractivity contribution is -0.143. The third-order valence-electron chi connectivity index (χ3n) is 3.99. The summed E-state index contributed by atoms with van der Waals surface area (Å²) in [5.41, 5.74) is 1.92. The average Bonchev–Trinajstić information content (AvgIpc) is 2.95. The first-order valence-corrected chi connectivity index (χ1v) is 6.59. The molecule has 3 rings (SSSR count). The van der Waals surface area contributed by atoms with E-state index < -0.39 is 5.97 Å². The SMILES string of the molecule is CC1CCN(Cc2coc3ccccc23)C1C(=O)O. The number of fused-ring (bicyclic) bond motifs is 1. The van der Waals surface area contributed by atoms with Gasteiger partial charge in [-0.1, -0.05) is 25.1 Å². The molecule has 1 aliphatic heterocycles. The Hall–Kier alpha value is -1.81. The third kappa shape index (κ3) is 2.12. The summed E-state index contributed by atoms with van der Waals surface area (Å²) in [5, 5.41) is 10.4. The van der Waals surface area contributed by atoms with Gasteiger partial charge in [0.15, 0.2) is 0 Å². The molecule has 1 fully saturated rings. The number of furan rings is 1. The standard InChI is InChI=1S/C15H17NO3/c1-10-6-7-16(14(10)15(17)18)8-11-9-19-13-5-3-2-4-12(11)13/h2-5,9-10,14H,6-8H2,1H3,(H,17,18). The van der Waals surface area contributed by atoms with Gasteiger partial charge in [-0.15, -0.1) is 0 Å². The number of hydrogen-bond acceptors (Lipinski definition) is 3. The molecule has 0 spiro atoms. The average molecular weight is 259 g/mol. The number of rotatable bonds is 3. The normalized spacial score (nSPS) is 24.1. The third-order valence-corrected chi connectivity index (χ3v) is 3.99. The van der Waals surface area contributed by atoms with Crippen molar-refractivity contribution in [3.05, 3.63) is 36.1 Å². The number of hydrogen-bond donors (Lipinski definition) is 1. The lowest BCUT2D eigenvalue weighted by atomic mass is 10.0. The summed E-state index contributed by atoms with van der Waals surface area (Å²) in [6.45, 7) is 3.47. The molecule has 1 N–H and O–H groups in total. The Morgan fingerprint density at radius 2 is 2.26 bits per heavy atom. The van der Waals surface area contributed by atoms with Gasteiger partial charge in [-0.3, -0.25) is 9.69 Å². The van der Waals surface area contributed by atoms with Crippen molar-refractivity contribution in [1.82, 2.24) is 4.90 Å². The molecule has 4 nitrogen and oxygen atoms in total. The smallest absolute Gasteiger partial charge is 0.321 e. The van der Waals surface area contributed by atoms with Gasteiger partial charge in [-0.25, -0.2) is 0 Å². The second-order valence-electron chi connectivity index (χ2n) is 5.28. The molecule has 0 amide bonds. The molecule has 2 aromatic rings. The second kappa shape index (κ2) is 4.70. The molecule has 1 saturated heterocycles. The van der Waals surface area contributed by atoms with E-state index >= 15 is 0 Å². The predicted molar refractivity (Wildman–Crippen MR) is 71.8 cm³/mol. The minimum Gasteiger partial charge on any atom is -0.480 e. The lowest BCUT2D eigenvalue weighted by Gasteiger charge is -2.22. The Balaban J connectivity index is 1.87. The maximum Gasteiger partial charge on any atom is 0.321 e. The van der Waals surface area contributed by atoms with E-state index in [4.69, 9.17) is 4.42 Å². The molecule has 0 saturated carbocycles. The molecule has 0 radical (unpaired) electrons. The predicted octanol–water partition coefficient (Wildman–Crippen LogP) is 2.73. The van der Waals surface area contributed by atoms with Crippen LogP contribution in [0.1, 0.15) is 18.9 Å². The number of para-hydroxylation sites is 1. The fraction of sp³-hybridized carbons (Fsp3) is 0.400. The maximum atomic E-state index is 11.3. The Morgan fingerprint density at radius 1 is 1.47 bits per heavy atom. The van der Waals surface area contributed by atoms with E-state index in [9.17, 15) is 9.90 Å². The number of nitrogens with zero attached hydrogens (tertiary/aromatic N) is 1. The summed E-state index contributed by atoms with van der Waals surface area (Å²) < 4.78 is 5.51. The van der Waals surface area contributed by atoms with E-state index in [0.29, 0.717) is 6.54 Å². The summed E-state index contributed by atoms with van der Waals surface area (Å²) in [7, 11) is 0. The van der Waals surface area contributed by atoms with Gasteiger partial charge in [0.25, 0.3) is 0 Å². The quantitative estimate of drug-likeness (QED) is 0.920. The highest BCUT2D eigenvalue weighted by Crippen LogP contribution is 2.28. The molecule has 0 aliphatic carbocycles. The molecule has 100 valence electrons. The summed E-state index contributed by atoms with van der Waals surface area (Å²) >= 11 is 0. The minimum atomic E-state index is -0.724. The van der Waals surface area contributed by atoms with Crippen molar-refractivity contribution in [3.63, 3.8) is 0 Å². The fourth-order valence-electron chi connectivity index (χ4n) is 2.98. The molecule has 0 bridgehead atoms. The van der Waals surface area contributed by atoms with E-state index in [0.717, 1.165) is 29.5 Å². The largest absolute Gasteiger partial charge is 0.480 e. The summed E-state index contributed by atoms with van der Waals surface area (Å²) in [4.78, 5) is 13.4. The summed E-state index contributed by atoms with van der Waals surface area (Å²) in [6.07, 6.45) is 2.68. The van der Waals surface area contributed by atoms with Crippen LogP contribution in [0.3, 0.4) is 0 Å². The van der Waals surface area contributed by atoms with E-state index in [1.807, 2.05) is 36.1 Å². The lowest BCUT2D eigenvalue weighted by Crippen LogP contribution is -2.38. The van der Waals surface area contributed by atoms with Gasteiger partial charge in [-0.05, 0) is 24.9 Å². The van der Waals surface area contributed by atoms with Crippen molar-refractivity contribution in [1.29, 1.82) is 0 Å². The maximum absolute atomic E-state index is 11.3. The van der Waals surface area contributed by atoms with E-state index in [1.54, 1.807) is 6.26 Å². The number of aliphatic carboxylic acids is 1. The van der Waals surface area contributed by atoms with Gasteiger partial charge in [0.2, 0.25) is 0 Å². The number of carboxylic acids is 1. The molecular formula is C15H17NO3. The number of carboxylic acid groups (broad SMARTS) is 1. The Labute approximate surface area is 111 Å². The second-order valence-corrected chi connectivity index (χ2v) is 5.28. The summed E-state index contributed by atoms with van der Waals surface area (Å²) in [5.74, 6) is -0.520. The highest BCUT2D eigenvalue weighted by Gasteiger charge is 2.36. The van der Waals surface area contributed by atoms with Gasteiger partial charge >= 0.3 is 5.97 Å². The Kier molecular flexibility index (Phi) is 3.03. The van der Waals surface area contributed by atoms with Crippen LogP contribution in [0.15, 0.2) is 34.9 Å². The molecule has 2 atom stereocenters. The molecule has 2 unspecified atom stereocenters. The van der Waals surface area contributed by atoms with Crippen LogP contribution in [0.25, 0.3) is 11.0 Å². The van der Waals surface area contributed by atoms with E-state index in [2.05, 4.69) is 0 Å². The van der Waals surface area contributed by atoms with E-state index in [-0.39, 0.29) is 12.0 Å². The number of carbonyl (C=O) groups is 1. The van der Waals surface area contributed by atoms with Crippen LogP contribution >= 0.6 is 0 Å². The molecule has 1 aliphatic rings. The molecular weight excluding hydrogens is 242 g/mol. The van der Waals surface area contributed by atoms with Crippen LogP contribution in [-0.2, 0) is 11.3 Å². The molecule has 1 aromatic carbocycles. The number of benzene rings is 1. The Bertz CT molecular complexity index is 604. The van der Waals surface area contributed by atoms with Crippen molar-refractivity contribution in [2.75, 3.05) is 6.54 Å². The first kappa shape index (κ1) is 12.2. The molecule has 2 heterocycles. The summed E-state index contributed by atoms with van der Waals surface area (Å²) in [6, 6.07) is 7.48. The van der Waals surface area contributed by atoms with Crippen molar-refractivity contribution in [2.24, 2.45) is 5.92 Å². The topological polar surface area (TPSA) is 53.7 Å². The van der Waals surface area contributed by atoms with Gasteiger partial charge in [0.05, 0.1) is 6.26 Å². The first-order chi connectivity index (χ1) is 9.16. The Morgan fingerprint density at radius 3 is 3.05 bits per heavy atom. The fourth-order valence-corrected chi connectivity index (χ4v) is 2.98. The monoisotopic (exact) mass is 259 g/mol. The van der Waals surface area contributed by atoms with Crippen LogP contribution in [0.2, 0.25) is 0 Å². The molecule has 4 heteroatoms. The van der Waals surface area contributed by atoms with Crippen molar-refractivity contribution >= 4 is 16.9 Å². The number of likely N-dealkylation sites (tertiary alicyclic amines) is 1. The van der Waals surface area contributed by atoms with Crippen LogP contribution in [-0.4, -0.2) is 28.6 Å². The van der Waals surface area contributed by atoms with Gasteiger partial charge in [0.1, 0.15) is 11.6 Å². The zero-order valence-electron chi connectivity index (χ0n) is 10.9. The molecule has 19 heavy (non-hydrogen) atoms. The van der Waals surface area contributed by atoms with Gasteiger partial charge < -0.3 is 9.52 Å². The zero-order valence-corrected chi connectivity index (χ0v) is 10.9. The first-order valence-electron chi connectivity index (χ1n) is 6.59. The highest BCUT2D eigenvalue weighted by molar-refractivity contribution is 5.81. The van der Waals surface area contributed by atoms with Crippen LogP contribution in [0.5, 0.6) is 0 Å². The molecule has 1 aromatic heterocycles. The van der Waals surface area contributed by atoms with Crippen LogP contribution in [0, 0.1) is 5.92 Å². The van der Waals surface area contributed by atoms with Crippen LogP contribution < -0.4 is 0 Å². The zero-order chi connectivity index (χ0) is 13.4. The van der Waals surface area contributed by atoms with Gasteiger partial charge in [0, 0.05) is 17.5 Å². The van der Waals surface area contributed by atoms with E-state index in [1.165, 1.54) is 0 Å².